The van der Waals surface area contributed by atoms with Crippen molar-refractivity contribution in [1.29, 1.82) is 0 Å². The fourth-order valence-electron chi connectivity index (χ4n) is 6.88. The minimum Gasteiger partial charge on any atom is -0.481 e. The van der Waals surface area contributed by atoms with Crippen LogP contribution in [0, 0.1) is 11.8 Å². The number of amides is 9. The Hall–Kier alpha value is -6.89. The normalized spacial score (nSPS) is 14.4. The summed E-state index contributed by atoms with van der Waals surface area (Å²) < 4.78 is 0. The van der Waals surface area contributed by atoms with Crippen LogP contribution in [0.25, 0.3) is 0 Å². The SMILES string of the molecule is CC(=O)N[C@@H](CC(=O)O)C(=O)N[C@@H](Cc1ccccc1)C(=O)N[C@@H](CO)C(=O)N[C@@H](CCCCN)C(=O)N[C@@H](CC(C)C)C(=O)N[C@@H](C)C(=O)N[C@@H](CC(C)C)C(=O)N[C@@H](CCCN=C(N)N)C(N)=O. The Morgan fingerprint density at radius 2 is 1.01 bits per heavy atom. The van der Waals surface area contributed by atoms with Crippen LogP contribution in [-0.2, 0) is 54.4 Å². The molecule has 0 aliphatic rings. The molecule has 9 amide bonds. The molecule has 1 aromatic carbocycles. The van der Waals surface area contributed by atoms with E-state index in [-0.39, 0.29) is 63.0 Å². The number of unbranched alkanes of at least 4 members (excludes halogenated alkanes) is 1. The van der Waals surface area contributed by atoms with Gasteiger partial charge in [-0.1, -0.05) is 58.0 Å². The van der Waals surface area contributed by atoms with Crippen LogP contribution in [0.15, 0.2) is 35.3 Å². The lowest BCUT2D eigenvalue weighted by molar-refractivity contribution is -0.141. The summed E-state index contributed by atoms with van der Waals surface area (Å²) in [6.45, 7) is 9.09. The maximum Gasteiger partial charge on any atom is 0.305 e. The quantitative estimate of drug-likeness (QED) is 0.0184. The molecule has 8 atom stereocenters. The highest BCUT2D eigenvalue weighted by Crippen LogP contribution is 2.11. The molecule has 1 aromatic rings. The van der Waals surface area contributed by atoms with Crippen molar-refractivity contribution in [3.8, 4) is 0 Å². The van der Waals surface area contributed by atoms with Gasteiger partial charge in [-0.25, -0.2) is 0 Å². The summed E-state index contributed by atoms with van der Waals surface area (Å²) in [6, 6.07) is -2.41. The van der Waals surface area contributed by atoms with E-state index in [0.717, 1.165) is 6.92 Å². The maximum absolute atomic E-state index is 14.0. The highest BCUT2D eigenvalue weighted by Gasteiger charge is 2.34. The number of carbonyl (C=O) groups excluding carboxylic acids is 9. The van der Waals surface area contributed by atoms with Gasteiger partial charge in [0.1, 0.15) is 48.3 Å². The van der Waals surface area contributed by atoms with Crippen molar-refractivity contribution in [2.75, 3.05) is 19.7 Å². The van der Waals surface area contributed by atoms with E-state index in [0.29, 0.717) is 24.8 Å². The first kappa shape index (κ1) is 61.1. The molecule has 18 N–H and O–H groups in total. The molecular weight excluding hydrogens is 915 g/mol. The molecule has 0 unspecified atom stereocenters. The zero-order chi connectivity index (χ0) is 53.1. The third-order valence-electron chi connectivity index (χ3n) is 10.4. The van der Waals surface area contributed by atoms with Gasteiger partial charge in [-0.2, -0.15) is 0 Å². The van der Waals surface area contributed by atoms with Gasteiger partial charge in [0.2, 0.25) is 53.2 Å². The van der Waals surface area contributed by atoms with Gasteiger partial charge in [0.15, 0.2) is 5.96 Å². The van der Waals surface area contributed by atoms with Crippen molar-refractivity contribution >= 4 is 65.1 Å². The van der Waals surface area contributed by atoms with Crippen LogP contribution in [0.4, 0.5) is 0 Å². The number of nitrogens with two attached hydrogens (primary N) is 4. The predicted octanol–water partition coefficient (Wildman–Crippen LogP) is -3.63. The Kier molecular flexibility index (Phi) is 28.0. The number of benzene rings is 1. The van der Waals surface area contributed by atoms with Crippen LogP contribution in [0.1, 0.15) is 98.5 Å². The highest BCUT2D eigenvalue weighted by molar-refractivity contribution is 5.98. The number of guanidine groups is 1. The Morgan fingerprint density at radius 1 is 0.557 bits per heavy atom. The molecule has 1 rings (SSSR count). The third kappa shape index (κ3) is 24.4. The molecule has 0 aromatic heterocycles. The van der Waals surface area contributed by atoms with E-state index in [1.165, 1.54) is 6.92 Å². The molecule has 0 radical (unpaired) electrons. The second kappa shape index (κ2) is 32.0. The van der Waals surface area contributed by atoms with E-state index in [1.54, 1.807) is 44.2 Å². The van der Waals surface area contributed by atoms with Crippen LogP contribution < -0.4 is 65.5 Å². The summed E-state index contributed by atoms with van der Waals surface area (Å²) in [6.07, 6.45) is 0.455. The lowest BCUT2D eigenvalue weighted by Crippen LogP contribution is -2.61. The number of aliphatic imine (C=N–C) groups is 1. The smallest absolute Gasteiger partial charge is 0.305 e. The highest BCUT2D eigenvalue weighted by atomic mass is 16.4. The summed E-state index contributed by atoms with van der Waals surface area (Å²) in [7, 11) is 0. The minimum absolute atomic E-state index is 0.00266. The standard InChI is InChI=1S/C45H75N13O12/c1-24(2)19-31(40(66)51-26(5)38(64)55-32(20-25(3)4)41(67)53-29(37(47)63)16-12-18-50-45(48)49)56-39(65)30(15-10-11-17-46)54-44(70)35(23-59)58-42(68)33(21-28-13-8-7-9-14-28)57-43(69)34(22-36(61)62)52-27(6)60/h7-9,13-14,24-26,29-35,59H,10-12,15-23,46H2,1-6H3,(H2,47,63)(H,51,66)(H,52,60)(H,53,67)(H,54,70)(H,55,64)(H,56,65)(H,57,69)(H,58,68)(H,61,62)(H4,48,49,50)/t26-,29-,30-,31-,32-,33-,34-,35-/m0/s1. The Labute approximate surface area is 408 Å². The van der Waals surface area contributed by atoms with Crippen LogP contribution in [0.3, 0.4) is 0 Å². The number of aliphatic hydroxyl groups is 1. The van der Waals surface area contributed by atoms with Crippen molar-refractivity contribution in [3.05, 3.63) is 35.9 Å². The number of nitrogens with zero attached hydrogens (tertiary/aromatic N) is 1. The van der Waals surface area contributed by atoms with Crippen LogP contribution >= 0.6 is 0 Å². The van der Waals surface area contributed by atoms with Crippen LogP contribution in [-0.4, -0.2) is 143 Å². The van der Waals surface area contributed by atoms with E-state index in [4.69, 9.17) is 22.9 Å². The molecule has 0 aliphatic carbocycles. The van der Waals surface area contributed by atoms with Crippen molar-refractivity contribution in [2.45, 2.75) is 148 Å². The average molecular weight is 990 g/mol. The number of carboxylic acids is 1. The van der Waals surface area contributed by atoms with Gasteiger partial charge >= 0.3 is 5.97 Å². The zero-order valence-corrected chi connectivity index (χ0v) is 40.9. The second-order valence-electron chi connectivity index (χ2n) is 17.7. The number of rotatable bonds is 33. The molecule has 0 saturated heterocycles. The van der Waals surface area contributed by atoms with E-state index >= 15 is 0 Å². The van der Waals surface area contributed by atoms with Gasteiger partial charge in [0.05, 0.1) is 13.0 Å². The van der Waals surface area contributed by atoms with Crippen LogP contribution in [0.5, 0.6) is 0 Å². The summed E-state index contributed by atoms with van der Waals surface area (Å²) in [5.41, 5.74) is 22.5. The average Bonchev–Trinajstić information content (AvgIpc) is 3.27. The van der Waals surface area contributed by atoms with E-state index in [2.05, 4.69) is 47.5 Å². The zero-order valence-electron chi connectivity index (χ0n) is 40.9. The number of primary amides is 1. The molecule has 0 saturated carbocycles. The van der Waals surface area contributed by atoms with Crippen molar-refractivity contribution in [2.24, 2.45) is 39.8 Å². The summed E-state index contributed by atoms with van der Waals surface area (Å²) in [4.78, 5) is 135. The van der Waals surface area contributed by atoms with Crippen molar-refractivity contribution < 1.29 is 58.2 Å². The molecule has 0 spiro atoms. The van der Waals surface area contributed by atoms with Gasteiger partial charge < -0.3 is 75.7 Å². The van der Waals surface area contributed by atoms with Crippen molar-refractivity contribution in [3.63, 3.8) is 0 Å². The number of aliphatic hydroxyl groups excluding tert-OH is 1. The maximum atomic E-state index is 14.0. The number of hydrogen-bond acceptors (Lipinski definition) is 13. The Bertz CT molecular complexity index is 1930. The number of nitrogens with one attached hydrogen (secondary N) is 8. The number of carboxylic acid groups (broad SMARTS) is 1. The van der Waals surface area contributed by atoms with Gasteiger partial charge in [-0.15, -0.1) is 0 Å². The Balaban J connectivity index is 3.28. The topological polar surface area (TPSA) is 424 Å². The number of carbonyl (C=O) groups is 10. The van der Waals surface area contributed by atoms with E-state index in [1.807, 2.05) is 13.8 Å². The third-order valence-corrected chi connectivity index (χ3v) is 10.4. The lowest BCUT2D eigenvalue weighted by Gasteiger charge is -2.28. The summed E-state index contributed by atoms with van der Waals surface area (Å²) in [5.74, 6) is -9.38. The van der Waals surface area contributed by atoms with E-state index in [9.17, 15) is 58.2 Å². The first-order chi connectivity index (χ1) is 32.9. The summed E-state index contributed by atoms with van der Waals surface area (Å²) in [5, 5.41) is 39.6. The van der Waals surface area contributed by atoms with Gasteiger partial charge in [-0.05, 0) is 75.8 Å². The van der Waals surface area contributed by atoms with Crippen molar-refractivity contribution in [1.82, 2.24) is 42.5 Å². The van der Waals surface area contributed by atoms with E-state index < -0.39 is 120 Å². The fourth-order valence-corrected chi connectivity index (χ4v) is 6.88. The number of hydrogen-bond donors (Lipinski definition) is 14. The molecule has 0 heterocycles. The lowest BCUT2D eigenvalue weighted by atomic mass is 10.0. The monoisotopic (exact) mass is 990 g/mol. The molecule has 70 heavy (non-hydrogen) atoms. The first-order valence-corrected chi connectivity index (χ1v) is 23.2. The molecule has 0 bridgehead atoms. The molecule has 25 heteroatoms. The molecular formula is C45H75N13O12. The predicted molar refractivity (Wildman–Crippen MR) is 257 cm³/mol. The van der Waals surface area contributed by atoms with Gasteiger partial charge in [-0.3, -0.25) is 52.9 Å². The number of aliphatic carboxylic acids is 1. The largest absolute Gasteiger partial charge is 0.481 e. The molecule has 0 aliphatic heterocycles. The minimum atomic E-state index is -1.69. The fraction of sp³-hybridized carbons (Fsp3) is 0.622. The molecule has 0 fully saturated rings. The second-order valence-corrected chi connectivity index (χ2v) is 17.7. The van der Waals surface area contributed by atoms with Gasteiger partial charge in [0.25, 0.3) is 0 Å². The van der Waals surface area contributed by atoms with Gasteiger partial charge in [0, 0.05) is 19.9 Å². The Morgan fingerprint density at radius 3 is 1.53 bits per heavy atom. The molecule has 25 nitrogen and oxygen atoms in total. The summed E-state index contributed by atoms with van der Waals surface area (Å²) >= 11 is 0. The molecule has 392 valence electrons. The first-order valence-electron chi connectivity index (χ1n) is 23.2. The van der Waals surface area contributed by atoms with Crippen LogP contribution in [0.2, 0.25) is 0 Å².